The Morgan fingerprint density at radius 2 is 1.46 bits per heavy atom. The number of piperazine rings is 1. The molecule has 1 aromatic carbocycles. The van der Waals surface area contributed by atoms with Gasteiger partial charge in [0.25, 0.3) is 0 Å². The Balaban J connectivity index is 2.26. The standard InChI is InChI=1S/C20H32N2O3S/c1-8-20(6,7)19(23)21-9-11-22(12-10-21)26(24,25)18-16(4)14(2)13-15(3)17(18)5/h13H,8-12H2,1-7H3. The van der Waals surface area contributed by atoms with Crippen LogP contribution in [0.25, 0.3) is 0 Å². The number of carbonyl (C=O) groups is 1. The van der Waals surface area contributed by atoms with Crippen molar-refractivity contribution in [3.8, 4) is 0 Å². The van der Waals surface area contributed by atoms with Gasteiger partial charge in [0.15, 0.2) is 0 Å². The molecule has 1 aliphatic rings. The van der Waals surface area contributed by atoms with E-state index in [0.717, 1.165) is 28.7 Å². The van der Waals surface area contributed by atoms with Crippen LogP contribution in [0, 0.1) is 33.1 Å². The zero-order chi connectivity index (χ0) is 19.9. The molecule has 0 radical (unpaired) electrons. The number of hydrogen-bond donors (Lipinski definition) is 0. The molecule has 0 unspecified atom stereocenters. The summed E-state index contributed by atoms with van der Waals surface area (Å²) in [6.45, 7) is 15.1. The molecule has 146 valence electrons. The minimum absolute atomic E-state index is 0.107. The Morgan fingerprint density at radius 1 is 1.00 bits per heavy atom. The molecule has 6 heteroatoms. The number of nitrogens with zero attached hydrogens (tertiary/aromatic N) is 2. The summed E-state index contributed by atoms with van der Waals surface area (Å²) in [4.78, 5) is 14.9. The molecule has 0 aromatic heterocycles. The molecule has 1 amide bonds. The van der Waals surface area contributed by atoms with Gasteiger partial charge in [-0.25, -0.2) is 8.42 Å². The molecule has 2 rings (SSSR count). The van der Waals surface area contributed by atoms with Crippen LogP contribution in [0.2, 0.25) is 0 Å². The molecule has 1 aliphatic heterocycles. The molecule has 1 heterocycles. The van der Waals surface area contributed by atoms with Gasteiger partial charge < -0.3 is 4.90 Å². The third-order valence-corrected chi connectivity index (χ3v) is 8.06. The molecule has 1 saturated heterocycles. The van der Waals surface area contributed by atoms with E-state index in [4.69, 9.17) is 0 Å². The van der Waals surface area contributed by atoms with E-state index >= 15 is 0 Å². The Kier molecular flexibility index (Phi) is 5.88. The predicted octanol–water partition coefficient (Wildman–Crippen LogP) is 3.19. The summed E-state index contributed by atoms with van der Waals surface area (Å²) in [5, 5.41) is 0. The Bertz CT molecular complexity index is 779. The molecular weight excluding hydrogens is 348 g/mol. The zero-order valence-corrected chi connectivity index (χ0v) is 18.0. The van der Waals surface area contributed by atoms with Gasteiger partial charge in [0.2, 0.25) is 15.9 Å². The van der Waals surface area contributed by atoms with E-state index in [2.05, 4.69) is 0 Å². The number of aryl methyl sites for hydroxylation is 2. The number of benzene rings is 1. The fourth-order valence-electron chi connectivity index (χ4n) is 3.41. The molecular formula is C20H32N2O3S. The second kappa shape index (κ2) is 7.31. The quantitative estimate of drug-likeness (QED) is 0.806. The van der Waals surface area contributed by atoms with E-state index in [0.29, 0.717) is 31.1 Å². The predicted molar refractivity (Wildman–Crippen MR) is 105 cm³/mol. The van der Waals surface area contributed by atoms with Gasteiger partial charge >= 0.3 is 0 Å². The van der Waals surface area contributed by atoms with Crippen molar-refractivity contribution in [3.05, 3.63) is 28.3 Å². The normalized spacial score (nSPS) is 16.8. The number of amides is 1. The lowest BCUT2D eigenvalue weighted by atomic mass is 9.88. The van der Waals surface area contributed by atoms with Crippen LogP contribution in [0.5, 0.6) is 0 Å². The van der Waals surface area contributed by atoms with Crippen molar-refractivity contribution in [2.45, 2.75) is 59.8 Å². The van der Waals surface area contributed by atoms with Crippen molar-refractivity contribution < 1.29 is 13.2 Å². The molecule has 0 bridgehead atoms. The second-order valence-corrected chi connectivity index (χ2v) is 9.90. The molecule has 26 heavy (non-hydrogen) atoms. The highest BCUT2D eigenvalue weighted by Crippen LogP contribution is 2.30. The number of carbonyl (C=O) groups excluding carboxylic acids is 1. The summed E-state index contributed by atoms with van der Waals surface area (Å²) in [5.74, 6) is 0.107. The van der Waals surface area contributed by atoms with Crippen molar-refractivity contribution >= 4 is 15.9 Å². The third-order valence-electron chi connectivity index (χ3n) is 5.88. The lowest BCUT2D eigenvalue weighted by Gasteiger charge is -2.38. The second-order valence-electron chi connectivity index (χ2n) is 8.02. The molecule has 0 spiro atoms. The highest BCUT2D eigenvalue weighted by Gasteiger charge is 2.36. The van der Waals surface area contributed by atoms with Crippen LogP contribution in [0.1, 0.15) is 49.4 Å². The van der Waals surface area contributed by atoms with Gasteiger partial charge in [-0.3, -0.25) is 4.79 Å². The van der Waals surface area contributed by atoms with E-state index in [1.807, 2.05) is 54.5 Å². The van der Waals surface area contributed by atoms with E-state index in [-0.39, 0.29) is 5.91 Å². The van der Waals surface area contributed by atoms with Crippen LogP contribution in [0.4, 0.5) is 0 Å². The Labute approximate surface area is 158 Å². The minimum atomic E-state index is -3.56. The van der Waals surface area contributed by atoms with Crippen LogP contribution in [-0.4, -0.2) is 49.7 Å². The molecule has 0 atom stereocenters. The van der Waals surface area contributed by atoms with Crippen LogP contribution in [-0.2, 0) is 14.8 Å². The van der Waals surface area contributed by atoms with Crippen molar-refractivity contribution in [2.75, 3.05) is 26.2 Å². The van der Waals surface area contributed by atoms with Gasteiger partial charge in [-0.2, -0.15) is 4.31 Å². The van der Waals surface area contributed by atoms with Crippen LogP contribution in [0.15, 0.2) is 11.0 Å². The number of sulfonamides is 1. The first-order valence-corrected chi connectivity index (χ1v) is 10.7. The van der Waals surface area contributed by atoms with Crippen LogP contribution >= 0.6 is 0 Å². The average molecular weight is 381 g/mol. The zero-order valence-electron chi connectivity index (χ0n) is 17.1. The summed E-state index contributed by atoms with van der Waals surface area (Å²) < 4.78 is 28.1. The number of rotatable bonds is 4. The van der Waals surface area contributed by atoms with Gasteiger partial charge in [0, 0.05) is 31.6 Å². The van der Waals surface area contributed by atoms with E-state index in [1.165, 1.54) is 4.31 Å². The lowest BCUT2D eigenvalue weighted by Crippen LogP contribution is -2.53. The van der Waals surface area contributed by atoms with E-state index in [1.54, 1.807) is 4.90 Å². The van der Waals surface area contributed by atoms with Crippen molar-refractivity contribution in [1.82, 2.24) is 9.21 Å². The topological polar surface area (TPSA) is 57.7 Å². The first-order chi connectivity index (χ1) is 11.9. The lowest BCUT2D eigenvalue weighted by molar-refractivity contribution is -0.141. The maximum absolute atomic E-state index is 13.3. The smallest absolute Gasteiger partial charge is 0.243 e. The summed E-state index contributed by atoms with van der Waals surface area (Å²) in [5.41, 5.74) is 3.22. The largest absolute Gasteiger partial charge is 0.340 e. The van der Waals surface area contributed by atoms with E-state index < -0.39 is 15.4 Å². The maximum atomic E-state index is 13.3. The summed E-state index contributed by atoms with van der Waals surface area (Å²) in [6.07, 6.45) is 0.769. The molecule has 1 aromatic rings. The van der Waals surface area contributed by atoms with E-state index in [9.17, 15) is 13.2 Å². The van der Waals surface area contributed by atoms with Gasteiger partial charge in [0.1, 0.15) is 0 Å². The first kappa shape index (κ1) is 20.9. The Hall–Kier alpha value is -1.40. The van der Waals surface area contributed by atoms with Gasteiger partial charge in [-0.15, -0.1) is 0 Å². The van der Waals surface area contributed by atoms with Crippen molar-refractivity contribution in [2.24, 2.45) is 5.41 Å². The van der Waals surface area contributed by atoms with Crippen molar-refractivity contribution in [1.29, 1.82) is 0 Å². The number of hydrogen-bond acceptors (Lipinski definition) is 3. The minimum Gasteiger partial charge on any atom is -0.340 e. The van der Waals surface area contributed by atoms with Crippen LogP contribution in [0.3, 0.4) is 0 Å². The maximum Gasteiger partial charge on any atom is 0.243 e. The highest BCUT2D eigenvalue weighted by molar-refractivity contribution is 7.89. The first-order valence-electron chi connectivity index (χ1n) is 9.30. The SMILES string of the molecule is CCC(C)(C)C(=O)N1CCN(S(=O)(=O)c2c(C)c(C)cc(C)c2C)CC1. The fourth-order valence-corrected chi connectivity index (χ4v) is 5.41. The molecule has 0 saturated carbocycles. The van der Waals surface area contributed by atoms with Crippen molar-refractivity contribution in [3.63, 3.8) is 0 Å². The monoisotopic (exact) mass is 380 g/mol. The summed E-state index contributed by atoms with van der Waals surface area (Å²) >= 11 is 0. The highest BCUT2D eigenvalue weighted by atomic mass is 32.2. The van der Waals surface area contributed by atoms with Gasteiger partial charge in [-0.1, -0.05) is 26.8 Å². The summed E-state index contributed by atoms with van der Waals surface area (Å²) in [7, 11) is -3.56. The molecule has 0 aliphatic carbocycles. The average Bonchev–Trinajstić information content (AvgIpc) is 2.59. The summed E-state index contributed by atoms with van der Waals surface area (Å²) in [6, 6.07) is 2.03. The van der Waals surface area contributed by atoms with Crippen LogP contribution < -0.4 is 0 Å². The van der Waals surface area contributed by atoms with Gasteiger partial charge in [0.05, 0.1) is 4.90 Å². The third kappa shape index (κ3) is 3.67. The molecule has 0 N–H and O–H groups in total. The fraction of sp³-hybridized carbons (Fsp3) is 0.650. The molecule has 1 fully saturated rings. The molecule has 5 nitrogen and oxygen atoms in total. The Morgan fingerprint density at radius 3 is 1.88 bits per heavy atom. The van der Waals surface area contributed by atoms with Gasteiger partial charge in [-0.05, 0) is 56.4 Å².